The molecule has 0 saturated carbocycles. The predicted molar refractivity (Wildman–Crippen MR) is 116 cm³/mol. The Hall–Kier alpha value is -3.57. The van der Waals surface area contributed by atoms with Gasteiger partial charge in [-0.25, -0.2) is 21.6 Å². The lowest BCUT2D eigenvalue weighted by atomic mass is 10.1. The number of nitrogens with one attached hydrogen (secondary N) is 2. The predicted octanol–water partition coefficient (Wildman–Crippen LogP) is 3.74. The topological polar surface area (TPSA) is 93.7 Å². The van der Waals surface area contributed by atoms with Crippen LogP contribution in [0.4, 0.5) is 18.9 Å². The first-order valence-corrected chi connectivity index (χ1v) is 11.6. The molecule has 178 valence electrons. The summed E-state index contributed by atoms with van der Waals surface area (Å²) in [6.45, 7) is 0.534. The highest BCUT2D eigenvalue weighted by atomic mass is 32.2. The first-order chi connectivity index (χ1) is 16.2. The van der Waals surface area contributed by atoms with Crippen LogP contribution in [0.1, 0.15) is 21.5 Å². The number of carbonyl (C=O) groups is 1. The molecule has 1 aliphatic rings. The average Bonchev–Trinajstić information content (AvgIpc) is 2.80. The van der Waals surface area contributed by atoms with Gasteiger partial charge in [0.2, 0.25) is 0 Å². The first kappa shape index (κ1) is 23.6. The third-order valence-electron chi connectivity index (χ3n) is 5.03. The van der Waals surface area contributed by atoms with Gasteiger partial charge in [-0.15, -0.1) is 0 Å². The fraction of sp³-hybridized carbons (Fsp3) is 0.174. The van der Waals surface area contributed by atoms with Gasteiger partial charge in [0.25, 0.3) is 15.9 Å². The van der Waals surface area contributed by atoms with Crippen molar-refractivity contribution >= 4 is 21.6 Å². The van der Waals surface area contributed by atoms with Crippen molar-refractivity contribution in [2.75, 3.05) is 18.1 Å². The van der Waals surface area contributed by atoms with Crippen molar-refractivity contribution in [2.24, 2.45) is 0 Å². The molecule has 0 unspecified atom stereocenters. The molecular weight excluding hydrogens is 473 g/mol. The highest BCUT2D eigenvalue weighted by Crippen LogP contribution is 2.29. The summed E-state index contributed by atoms with van der Waals surface area (Å²) >= 11 is 0. The summed E-state index contributed by atoms with van der Waals surface area (Å²) in [6.07, 6.45) is 0.331. The molecule has 0 aromatic heterocycles. The van der Waals surface area contributed by atoms with Crippen LogP contribution in [0, 0.1) is 17.5 Å². The van der Waals surface area contributed by atoms with E-state index in [9.17, 15) is 26.4 Å². The summed E-state index contributed by atoms with van der Waals surface area (Å²) < 4.78 is 77.8. The fourth-order valence-electron chi connectivity index (χ4n) is 3.40. The summed E-state index contributed by atoms with van der Waals surface area (Å²) in [7, 11) is -4.15. The van der Waals surface area contributed by atoms with Crippen molar-refractivity contribution in [3.63, 3.8) is 0 Å². The quantitative estimate of drug-likeness (QED) is 0.524. The van der Waals surface area contributed by atoms with Crippen LogP contribution in [0.25, 0.3) is 0 Å². The Bertz CT molecular complexity index is 1330. The molecule has 1 aliphatic heterocycles. The number of amides is 1. The molecule has 3 aromatic rings. The molecule has 0 spiro atoms. The molecule has 1 heterocycles. The Labute approximate surface area is 193 Å². The van der Waals surface area contributed by atoms with E-state index in [0.717, 1.165) is 12.1 Å². The Morgan fingerprint density at radius 2 is 1.74 bits per heavy atom. The number of sulfonamides is 1. The minimum atomic E-state index is -4.15. The minimum Gasteiger partial charge on any atom is -0.467 e. The molecule has 11 heteroatoms. The van der Waals surface area contributed by atoms with E-state index < -0.39 is 38.3 Å². The number of anilines is 1. The zero-order valence-corrected chi connectivity index (χ0v) is 18.4. The molecule has 0 atom stereocenters. The van der Waals surface area contributed by atoms with Crippen molar-refractivity contribution in [2.45, 2.75) is 17.9 Å². The smallest absolute Gasteiger partial charge is 0.261 e. The molecule has 0 radical (unpaired) electrons. The number of fused-ring (bicyclic) bond motifs is 1. The van der Waals surface area contributed by atoms with E-state index >= 15 is 0 Å². The van der Waals surface area contributed by atoms with Crippen molar-refractivity contribution in [1.82, 2.24) is 5.32 Å². The van der Waals surface area contributed by atoms with Gasteiger partial charge in [0, 0.05) is 23.4 Å². The highest BCUT2D eigenvalue weighted by Gasteiger charge is 2.18. The number of halogens is 3. The van der Waals surface area contributed by atoms with E-state index in [1.54, 1.807) is 0 Å². The molecule has 0 saturated heterocycles. The summed E-state index contributed by atoms with van der Waals surface area (Å²) in [6, 6.07) is 10.5. The van der Waals surface area contributed by atoms with Crippen molar-refractivity contribution in [1.29, 1.82) is 0 Å². The number of carbonyl (C=O) groups excluding carboxylic acids is 1. The standard InChI is InChI=1S/C23H19F3N2O5S/c24-17-9-15(22-16(10-17)12-32-13-33-22)7-8-27-23(29)14-1-3-18(4-2-14)28-34(30,31)19-5-6-20(25)21(26)11-19/h1-6,9-11,28H,7-8,12-13H2,(H,27,29). The number of hydrogen-bond donors (Lipinski definition) is 2. The molecule has 1 amide bonds. The van der Waals surface area contributed by atoms with Crippen molar-refractivity contribution in [3.05, 3.63) is 88.7 Å². The van der Waals surface area contributed by atoms with Crippen molar-refractivity contribution < 1.29 is 35.9 Å². The van der Waals surface area contributed by atoms with Gasteiger partial charge in [-0.3, -0.25) is 9.52 Å². The molecule has 4 rings (SSSR count). The molecule has 2 N–H and O–H groups in total. The monoisotopic (exact) mass is 492 g/mol. The van der Waals surface area contributed by atoms with Crippen LogP contribution in [0.3, 0.4) is 0 Å². The van der Waals surface area contributed by atoms with Crippen LogP contribution in [0.5, 0.6) is 5.75 Å². The van der Waals surface area contributed by atoms with E-state index in [2.05, 4.69) is 10.0 Å². The number of rotatable bonds is 7. The lowest BCUT2D eigenvalue weighted by Gasteiger charge is -2.21. The number of benzene rings is 3. The lowest BCUT2D eigenvalue weighted by molar-refractivity contribution is -0.0172. The SMILES string of the molecule is O=C(NCCc1cc(F)cc2c1OCOC2)c1ccc(NS(=O)(=O)c2ccc(F)c(F)c2)cc1. The molecule has 3 aromatic carbocycles. The van der Waals surface area contributed by atoms with Gasteiger partial charge in [-0.1, -0.05) is 0 Å². The maximum atomic E-state index is 13.8. The maximum absolute atomic E-state index is 13.8. The zero-order chi connectivity index (χ0) is 24.3. The third kappa shape index (κ3) is 5.32. The lowest BCUT2D eigenvalue weighted by Crippen LogP contribution is -2.26. The van der Waals surface area contributed by atoms with Gasteiger partial charge < -0.3 is 14.8 Å². The molecule has 0 aliphatic carbocycles. The van der Waals surface area contributed by atoms with Gasteiger partial charge in [-0.05, 0) is 66.6 Å². The second-order valence-corrected chi connectivity index (χ2v) is 9.11. The van der Waals surface area contributed by atoms with Crippen molar-refractivity contribution in [3.8, 4) is 5.75 Å². The van der Waals surface area contributed by atoms with Crippen LogP contribution in [0.15, 0.2) is 59.5 Å². The van der Waals surface area contributed by atoms with E-state index in [1.165, 1.54) is 36.4 Å². The molecule has 0 fully saturated rings. The third-order valence-corrected chi connectivity index (χ3v) is 6.41. The van der Waals surface area contributed by atoms with Gasteiger partial charge >= 0.3 is 0 Å². The maximum Gasteiger partial charge on any atom is 0.261 e. The first-order valence-electron chi connectivity index (χ1n) is 10.1. The van der Waals surface area contributed by atoms with Gasteiger partial charge in [0.05, 0.1) is 11.5 Å². The Morgan fingerprint density at radius 1 is 0.971 bits per heavy atom. The largest absolute Gasteiger partial charge is 0.467 e. The normalized spacial score (nSPS) is 13.0. The van der Waals surface area contributed by atoms with Gasteiger partial charge in [-0.2, -0.15) is 0 Å². The fourth-order valence-corrected chi connectivity index (χ4v) is 4.47. The van der Waals surface area contributed by atoms with E-state index in [-0.39, 0.29) is 31.2 Å². The minimum absolute atomic E-state index is 0.0736. The van der Waals surface area contributed by atoms with Crippen LogP contribution < -0.4 is 14.8 Å². The Kier molecular flexibility index (Phi) is 6.75. The van der Waals surface area contributed by atoms with E-state index in [1.807, 2.05) is 0 Å². The van der Waals surface area contributed by atoms with E-state index in [0.29, 0.717) is 29.4 Å². The summed E-state index contributed by atoms with van der Waals surface area (Å²) in [5.74, 6) is -2.72. The Balaban J connectivity index is 1.36. The Morgan fingerprint density at radius 3 is 2.47 bits per heavy atom. The van der Waals surface area contributed by atoms with Crippen LogP contribution >= 0.6 is 0 Å². The highest BCUT2D eigenvalue weighted by molar-refractivity contribution is 7.92. The molecule has 7 nitrogen and oxygen atoms in total. The summed E-state index contributed by atoms with van der Waals surface area (Å²) in [5, 5.41) is 2.71. The average molecular weight is 492 g/mol. The summed E-state index contributed by atoms with van der Waals surface area (Å²) in [4.78, 5) is 12.0. The second-order valence-electron chi connectivity index (χ2n) is 7.43. The van der Waals surface area contributed by atoms with Crippen LogP contribution in [0.2, 0.25) is 0 Å². The van der Waals surface area contributed by atoms with Gasteiger partial charge in [0.15, 0.2) is 18.4 Å². The number of ether oxygens (including phenoxy) is 2. The molecule has 34 heavy (non-hydrogen) atoms. The van der Waals surface area contributed by atoms with Crippen LogP contribution in [-0.2, 0) is 27.8 Å². The number of hydrogen-bond acceptors (Lipinski definition) is 5. The van der Waals surface area contributed by atoms with Gasteiger partial charge in [0.1, 0.15) is 11.6 Å². The summed E-state index contributed by atoms with van der Waals surface area (Å²) in [5.41, 5.74) is 1.61. The second kappa shape index (κ2) is 9.74. The van der Waals surface area contributed by atoms with Crippen LogP contribution in [-0.4, -0.2) is 27.7 Å². The van der Waals surface area contributed by atoms with E-state index in [4.69, 9.17) is 9.47 Å². The molecule has 0 bridgehead atoms. The molecular formula is C23H19F3N2O5S. The zero-order valence-electron chi connectivity index (χ0n) is 17.6.